The number of aryl methyl sites for hydroxylation is 2. The number of carbonyl (C=O) groups is 1. The predicted octanol–water partition coefficient (Wildman–Crippen LogP) is 5.38. The Morgan fingerprint density at radius 1 is 0.960 bits per heavy atom. The third-order valence-corrected chi connectivity index (χ3v) is 5.21. The minimum atomic E-state index is -0.847. The standard InChI is InChI=1S/C22H20BrNO/c1-15-6-4-5-7-21(15)22(17(3)25,18-8-10-20(23)11-9-18)19-12-13-24-16(2)14-19/h4-14H,1-3H3/t22-/m0/s1. The molecule has 3 rings (SSSR count). The molecule has 0 N–H and O–H groups in total. The highest BCUT2D eigenvalue weighted by Crippen LogP contribution is 2.42. The molecule has 0 spiro atoms. The number of carbonyl (C=O) groups excluding carboxylic acids is 1. The van der Waals surface area contributed by atoms with Crippen molar-refractivity contribution in [3.8, 4) is 0 Å². The van der Waals surface area contributed by atoms with Gasteiger partial charge in [0.2, 0.25) is 0 Å². The number of nitrogens with zero attached hydrogens (tertiary/aromatic N) is 1. The maximum absolute atomic E-state index is 13.2. The van der Waals surface area contributed by atoms with Gasteiger partial charge in [0.25, 0.3) is 0 Å². The number of rotatable bonds is 4. The number of hydrogen-bond donors (Lipinski definition) is 0. The summed E-state index contributed by atoms with van der Waals surface area (Å²) in [6, 6.07) is 20.1. The minimum absolute atomic E-state index is 0.0923. The van der Waals surface area contributed by atoms with Gasteiger partial charge in [0.15, 0.2) is 0 Å². The van der Waals surface area contributed by atoms with Crippen molar-refractivity contribution in [2.24, 2.45) is 0 Å². The minimum Gasteiger partial charge on any atom is -0.298 e. The summed E-state index contributed by atoms with van der Waals surface area (Å²) in [7, 11) is 0. The van der Waals surface area contributed by atoms with E-state index in [4.69, 9.17) is 0 Å². The topological polar surface area (TPSA) is 30.0 Å². The van der Waals surface area contributed by atoms with Crippen LogP contribution in [0.2, 0.25) is 0 Å². The fourth-order valence-corrected chi connectivity index (χ4v) is 3.81. The second kappa shape index (κ2) is 6.93. The molecule has 25 heavy (non-hydrogen) atoms. The summed E-state index contributed by atoms with van der Waals surface area (Å²) in [5.41, 5.74) is 4.06. The van der Waals surface area contributed by atoms with Gasteiger partial charge in [-0.1, -0.05) is 52.3 Å². The molecule has 1 aromatic heterocycles. The van der Waals surface area contributed by atoms with Crippen molar-refractivity contribution in [3.63, 3.8) is 0 Å². The van der Waals surface area contributed by atoms with Gasteiger partial charge in [-0.05, 0) is 67.3 Å². The molecular formula is C22H20BrNO. The number of Topliss-reactive ketones (excluding diaryl/α,β-unsaturated/α-hetero) is 1. The molecule has 0 saturated heterocycles. The lowest BCUT2D eigenvalue weighted by Gasteiger charge is -2.34. The van der Waals surface area contributed by atoms with E-state index in [1.54, 1.807) is 13.1 Å². The van der Waals surface area contributed by atoms with Crippen LogP contribution in [-0.4, -0.2) is 10.8 Å². The lowest BCUT2D eigenvalue weighted by Crippen LogP contribution is -2.37. The van der Waals surface area contributed by atoms with Crippen LogP contribution in [0.1, 0.15) is 34.9 Å². The second-order valence-corrected chi connectivity index (χ2v) is 7.23. The van der Waals surface area contributed by atoms with Crippen molar-refractivity contribution < 1.29 is 4.79 Å². The van der Waals surface area contributed by atoms with Crippen molar-refractivity contribution in [1.29, 1.82) is 0 Å². The van der Waals surface area contributed by atoms with E-state index < -0.39 is 5.41 Å². The first-order valence-electron chi connectivity index (χ1n) is 8.22. The zero-order valence-corrected chi connectivity index (χ0v) is 16.2. The van der Waals surface area contributed by atoms with E-state index in [1.807, 2.05) is 55.5 Å². The Balaban J connectivity index is 2.43. The molecule has 0 radical (unpaired) electrons. The fourth-order valence-electron chi connectivity index (χ4n) is 3.55. The van der Waals surface area contributed by atoms with Crippen LogP contribution in [0.3, 0.4) is 0 Å². The van der Waals surface area contributed by atoms with Crippen LogP contribution in [0.25, 0.3) is 0 Å². The predicted molar refractivity (Wildman–Crippen MR) is 105 cm³/mol. The van der Waals surface area contributed by atoms with Crippen molar-refractivity contribution in [2.75, 3.05) is 0 Å². The molecule has 0 aliphatic rings. The van der Waals surface area contributed by atoms with Crippen LogP contribution in [0.4, 0.5) is 0 Å². The number of benzene rings is 2. The van der Waals surface area contributed by atoms with Crippen LogP contribution in [0, 0.1) is 13.8 Å². The molecule has 2 aromatic carbocycles. The molecule has 0 amide bonds. The molecule has 3 aromatic rings. The second-order valence-electron chi connectivity index (χ2n) is 6.31. The molecule has 1 heterocycles. The van der Waals surface area contributed by atoms with Gasteiger partial charge in [0.05, 0.1) is 0 Å². The third kappa shape index (κ3) is 3.05. The first-order valence-corrected chi connectivity index (χ1v) is 9.02. The quantitative estimate of drug-likeness (QED) is 0.594. The SMILES string of the molecule is CC(=O)[C@](c1ccc(Br)cc1)(c1ccnc(C)c1)c1ccccc1C. The Kier molecular flexibility index (Phi) is 4.87. The molecule has 0 aliphatic carbocycles. The van der Waals surface area contributed by atoms with Crippen molar-refractivity contribution in [3.05, 3.63) is 99.3 Å². The van der Waals surface area contributed by atoms with Gasteiger partial charge in [0, 0.05) is 16.4 Å². The molecule has 0 fully saturated rings. The molecule has 0 unspecified atom stereocenters. The lowest BCUT2D eigenvalue weighted by atomic mass is 9.66. The number of ketones is 1. The Hall–Kier alpha value is -2.26. The van der Waals surface area contributed by atoms with Gasteiger partial charge >= 0.3 is 0 Å². The zero-order chi connectivity index (χ0) is 18.0. The number of aromatic nitrogens is 1. The summed E-state index contributed by atoms with van der Waals surface area (Å²) in [5.74, 6) is 0.0923. The molecule has 1 atom stereocenters. The first kappa shape index (κ1) is 17.6. The van der Waals surface area contributed by atoms with Gasteiger partial charge < -0.3 is 0 Å². The number of hydrogen-bond acceptors (Lipinski definition) is 2. The normalized spacial score (nSPS) is 13.3. The average Bonchev–Trinajstić information content (AvgIpc) is 2.58. The van der Waals surface area contributed by atoms with Gasteiger partial charge in [-0.25, -0.2) is 0 Å². The van der Waals surface area contributed by atoms with Crippen LogP contribution in [0.5, 0.6) is 0 Å². The van der Waals surface area contributed by atoms with Gasteiger partial charge in [-0.3, -0.25) is 9.78 Å². The van der Waals surface area contributed by atoms with Gasteiger partial charge in [0.1, 0.15) is 11.2 Å². The highest BCUT2D eigenvalue weighted by molar-refractivity contribution is 9.10. The first-order chi connectivity index (χ1) is 12.0. The van der Waals surface area contributed by atoms with Crippen LogP contribution in [0.15, 0.2) is 71.3 Å². The molecule has 3 heteroatoms. The van der Waals surface area contributed by atoms with E-state index in [0.29, 0.717) is 0 Å². The van der Waals surface area contributed by atoms with Crippen molar-refractivity contribution in [1.82, 2.24) is 4.98 Å². The third-order valence-electron chi connectivity index (χ3n) is 4.68. The Labute approximate surface area is 157 Å². The molecule has 0 bridgehead atoms. The Bertz CT molecular complexity index is 917. The molecule has 126 valence electrons. The summed E-state index contributed by atoms with van der Waals surface area (Å²) in [6.45, 7) is 5.68. The summed E-state index contributed by atoms with van der Waals surface area (Å²) in [5, 5.41) is 0. The van der Waals surface area contributed by atoms with Gasteiger partial charge in [-0.15, -0.1) is 0 Å². The summed E-state index contributed by atoms with van der Waals surface area (Å²) in [4.78, 5) is 17.5. The maximum atomic E-state index is 13.2. The average molecular weight is 394 g/mol. The molecule has 0 saturated carbocycles. The Morgan fingerprint density at radius 2 is 1.64 bits per heavy atom. The highest BCUT2D eigenvalue weighted by atomic mass is 79.9. The smallest absolute Gasteiger partial charge is 0.149 e. The number of pyridine rings is 1. The van der Waals surface area contributed by atoms with Crippen LogP contribution >= 0.6 is 15.9 Å². The summed E-state index contributed by atoms with van der Waals surface area (Å²) in [6.07, 6.45) is 1.78. The van der Waals surface area contributed by atoms with E-state index in [-0.39, 0.29) is 5.78 Å². The maximum Gasteiger partial charge on any atom is 0.149 e. The van der Waals surface area contributed by atoms with E-state index in [2.05, 4.69) is 40.0 Å². The van der Waals surface area contributed by atoms with Crippen molar-refractivity contribution >= 4 is 21.7 Å². The van der Waals surface area contributed by atoms with E-state index in [9.17, 15) is 4.79 Å². The van der Waals surface area contributed by atoms with E-state index >= 15 is 0 Å². The lowest BCUT2D eigenvalue weighted by molar-refractivity contribution is -0.119. The largest absolute Gasteiger partial charge is 0.298 e. The zero-order valence-electron chi connectivity index (χ0n) is 14.6. The number of halogens is 1. The van der Waals surface area contributed by atoms with E-state index in [1.165, 1.54) is 0 Å². The van der Waals surface area contributed by atoms with Crippen molar-refractivity contribution in [2.45, 2.75) is 26.2 Å². The highest BCUT2D eigenvalue weighted by Gasteiger charge is 2.42. The van der Waals surface area contributed by atoms with Gasteiger partial charge in [-0.2, -0.15) is 0 Å². The Morgan fingerprint density at radius 3 is 2.24 bits per heavy atom. The monoisotopic (exact) mass is 393 g/mol. The fraction of sp³-hybridized carbons (Fsp3) is 0.182. The molecule has 2 nitrogen and oxygen atoms in total. The van der Waals surface area contributed by atoms with Crippen LogP contribution < -0.4 is 0 Å². The summed E-state index contributed by atoms with van der Waals surface area (Å²) < 4.78 is 0.990. The van der Waals surface area contributed by atoms with E-state index in [0.717, 1.165) is 32.4 Å². The molecular weight excluding hydrogens is 374 g/mol. The summed E-state index contributed by atoms with van der Waals surface area (Å²) >= 11 is 3.49. The molecule has 0 aliphatic heterocycles. The van der Waals surface area contributed by atoms with Crippen LogP contribution in [-0.2, 0) is 10.2 Å².